The number of amides is 1. The van der Waals surface area contributed by atoms with Gasteiger partial charge in [0.05, 0.1) is 11.6 Å². The number of rotatable bonds is 5. The Balaban J connectivity index is 1.91. The molecule has 0 aliphatic heterocycles. The first-order chi connectivity index (χ1) is 13.8. The Labute approximate surface area is 174 Å². The molecule has 1 aromatic carbocycles. The van der Waals surface area contributed by atoms with Crippen molar-refractivity contribution >= 4 is 23.2 Å². The number of ether oxygens (including phenoxy) is 1. The molecule has 1 atom stereocenters. The van der Waals surface area contributed by atoms with Crippen LogP contribution in [0.4, 0.5) is 13.2 Å². The van der Waals surface area contributed by atoms with E-state index in [1.807, 2.05) is 0 Å². The molecular formula is C19H18ClF3N4O3. The molecule has 2 heterocycles. The highest BCUT2D eigenvalue weighted by atomic mass is 35.5. The normalized spacial score (nSPS) is 13.3. The van der Waals surface area contributed by atoms with Crippen molar-refractivity contribution in [3.63, 3.8) is 0 Å². The molecular weight excluding hydrogens is 425 g/mol. The van der Waals surface area contributed by atoms with Crippen LogP contribution in [0.5, 0.6) is 5.75 Å². The minimum atomic E-state index is -4.82. The van der Waals surface area contributed by atoms with Crippen LogP contribution in [0.1, 0.15) is 41.4 Å². The summed E-state index contributed by atoms with van der Waals surface area (Å²) in [5, 5.41) is 17.2. The van der Waals surface area contributed by atoms with Gasteiger partial charge in [0.1, 0.15) is 11.3 Å². The lowest BCUT2D eigenvalue weighted by atomic mass is 9.91. The quantitative estimate of drug-likeness (QED) is 0.627. The zero-order chi connectivity index (χ0) is 22.3. The van der Waals surface area contributed by atoms with Gasteiger partial charge in [0.2, 0.25) is 0 Å². The number of nitrogens with zero attached hydrogens (tertiary/aromatic N) is 3. The van der Waals surface area contributed by atoms with E-state index >= 15 is 0 Å². The van der Waals surface area contributed by atoms with E-state index in [0.717, 1.165) is 17.7 Å². The highest BCUT2D eigenvalue weighted by Gasteiger charge is 2.33. The van der Waals surface area contributed by atoms with Crippen LogP contribution in [0.25, 0.3) is 5.65 Å². The monoisotopic (exact) mass is 442 g/mol. The second-order valence-corrected chi connectivity index (χ2v) is 7.60. The Bertz CT molecular complexity index is 1080. The fourth-order valence-electron chi connectivity index (χ4n) is 2.93. The lowest BCUT2D eigenvalue weighted by Crippen LogP contribution is -2.42. The highest BCUT2D eigenvalue weighted by Crippen LogP contribution is 2.30. The molecule has 0 saturated carbocycles. The van der Waals surface area contributed by atoms with Gasteiger partial charge < -0.3 is 15.2 Å². The topological polar surface area (TPSA) is 88.8 Å². The Morgan fingerprint density at radius 3 is 2.47 bits per heavy atom. The van der Waals surface area contributed by atoms with Crippen molar-refractivity contribution < 1.29 is 27.8 Å². The predicted octanol–water partition coefficient (Wildman–Crippen LogP) is 3.83. The van der Waals surface area contributed by atoms with E-state index in [-0.39, 0.29) is 16.4 Å². The molecule has 30 heavy (non-hydrogen) atoms. The molecule has 0 unspecified atom stereocenters. The van der Waals surface area contributed by atoms with Crippen LogP contribution in [0.2, 0.25) is 5.15 Å². The van der Waals surface area contributed by atoms with Crippen molar-refractivity contribution in [3.8, 4) is 5.75 Å². The average molecular weight is 443 g/mol. The number of fused-ring (bicyclic) bond motifs is 1. The molecule has 0 bridgehead atoms. The van der Waals surface area contributed by atoms with E-state index in [1.165, 1.54) is 30.5 Å². The van der Waals surface area contributed by atoms with Gasteiger partial charge in [-0.05, 0) is 44.0 Å². The van der Waals surface area contributed by atoms with Crippen LogP contribution >= 0.6 is 11.6 Å². The second kappa shape index (κ2) is 7.77. The van der Waals surface area contributed by atoms with Crippen molar-refractivity contribution in [1.29, 1.82) is 0 Å². The van der Waals surface area contributed by atoms with Crippen LogP contribution in [0, 0.1) is 6.92 Å². The summed E-state index contributed by atoms with van der Waals surface area (Å²) in [4.78, 5) is 17.1. The van der Waals surface area contributed by atoms with Crippen molar-refractivity contribution in [1.82, 2.24) is 19.9 Å². The summed E-state index contributed by atoms with van der Waals surface area (Å²) in [6.07, 6.45) is -1.62. The maximum Gasteiger partial charge on any atom is 0.573 e. The Morgan fingerprint density at radius 2 is 1.90 bits per heavy atom. The molecule has 160 valence electrons. The number of hydrogen-bond donors (Lipinski definition) is 2. The Kier molecular flexibility index (Phi) is 5.66. The second-order valence-electron chi connectivity index (χ2n) is 7.24. The lowest BCUT2D eigenvalue weighted by Gasteiger charge is -2.30. The first kappa shape index (κ1) is 21.8. The Hall–Kier alpha value is -2.85. The van der Waals surface area contributed by atoms with E-state index in [4.69, 9.17) is 11.6 Å². The number of aryl methyl sites for hydroxylation is 1. The number of benzene rings is 1. The summed E-state index contributed by atoms with van der Waals surface area (Å²) in [6.45, 7) is 4.72. The molecule has 7 nitrogen and oxygen atoms in total. The first-order valence-corrected chi connectivity index (χ1v) is 9.12. The molecule has 0 saturated heterocycles. The minimum absolute atomic E-state index is 0.0166. The minimum Gasteiger partial charge on any atom is -0.406 e. The van der Waals surface area contributed by atoms with Gasteiger partial charge in [-0.3, -0.25) is 4.79 Å². The smallest absolute Gasteiger partial charge is 0.406 e. The number of carbonyl (C=O) groups is 1. The maximum absolute atomic E-state index is 12.9. The fourth-order valence-corrected chi connectivity index (χ4v) is 3.18. The van der Waals surface area contributed by atoms with Crippen LogP contribution in [-0.4, -0.2) is 37.6 Å². The number of aliphatic hydroxyl groups is 1. The van der Waals surface area contributed by atoms with Gasteiger partial charge in [-0.25, -0.2) is 9.50 Å². The molecule has 3 rings (SSSR count). The summed E-state index contributed by atoms with van der Waals surface area (Å²) in [7, 11) is 0. The molecule has 1 amide bonds. The predicted molar refractivity (Wildman–Crippen MR) is 102 cm³/mol. The van der Waals surface area contributed by atoms with Gasteiger partial charge in [-0.1, -0.05) is 23.7 Å². The third-order valence-electron chi connectivity index (χ3n) is 4.21. The number of nitrogens with one attached hydrogen (secondary N) is 1. The molecule has 0 spiro atoms. The molecule has 0 radical (unpaired) electrons. The zero-order valence-corrected chi connectivity index (χ0v) is 16.9. The summed E-state index contributed by atoms with van der Waals surface area (Å²) in [5.74, 6) is -1.06. The molecule has 11 heteroatoms. The van der Waals surface area contributed by atoms with Gasteiger partial charge in [-0.2, -0.15) is 5.10 Å². The number of hydrogen-bond acceptors (Lipinski definition) is 5. The van der Waals surface area contributed by atoms with Crippen LogP contribution in [0.3, 0.4) is 0 Å². The highest BCUT2D eigenvalue weighted by molar-refractivity contribution is 6.33. The van der Waals surface area contributed by atoms with Gasteiger partial charge in [-0.15, -0.1) is 13.2 Å². The SMILES string of the molecule is Cc1cnc2c(C(=O)N[C@@H](c3ccc(OC(F)(F)F)cc3)C(C)(C)O)c(Cl)nn2c1. The molecule has 0 aliphatic carbocycles. The van der Waals surface area contributed by atoms with E-state index in [9.17, 15) is 23.1 Å². The van der Waals surface area contributed by atoms with E-state index in [0.29, 0.717) is 5.56 Å². The van der Waals surface area contributed by atoms with Gasteiger partial charge >= 0.3 is 6.36 Å². The molecule has 0 fully saturated rings. The Morgan fingerprint density at radius 1 is 1.27 bits per heavy atom. The molecule has 3 aromatic rings. The van der Waals surface area contributed by atoms with Gasteiger partial charge in [0, 0.05) is 12.4 Å². The largest absolute Gasteiger partial charge is 0.573 e. The molecule has 2 aromatic heterocycles. The van der Waals surface area contributed by atoms with Crippen LogP contribution in [0.15, 0.2) is 36.7 Å². The fraction of sp³-hybridized carbons (Fsp3) is 0.316. The summed E-state index contributed by atoms with van der Waals surface area (Å²) in [6, 6.07) is 3.87. The summed E-state index contributed by atoms with van der Waals surface area (Å²) < 4.78 is 42.3. The maximum atomic E-state index is 12.9. The summed E-state index contributed by atoms with van der Waals surface area (Å²) in [5.41, 5.74) is -0.0398. The number of alkyl halides is 3. The standard InChI is InChI=1S/C19H18ClF3N4O3/c1-10-8-24-16-13(15(20)26-27(16)9-10)17(28)25-14(18(2,3)29)11-4-6-12(7-5-11)30-19(21,22)23/h4-9,14,29H,1-3H3,(H,25,28)/t14-/m0/s1. The van der Waals surface area contributed by atoms with E-state index < -0.39 is 29.7 Å². The third-order valence-corrected chi connectivity index (χ3v) is 4.48. The van der Waals surface area contributed by atoms with Gasteiger partial charge in [0.15, 0.2) is 10.8 Å². The number of halogens is 4. The molecule has 0 aliphatic rings. The first-order valence-electron chi connectivity index (χ1n) is 8.74. The zero-order valence-electron chi connectivity index (χ0n) is 16.2. The summed E-state index contributed by atoms with van der Waals surface area (Å²) >= 11 is 6.12. The van der Waals surface area contributed by atoms with Crippen molar-refractivity contribution in [2.45, 2.75) is 38.8 Å². The van der Waals surface area contributed by atoms with Crippen molar-refractivity contribution in [2.24, 2.45) is 0 Å². The average Bonchev–Trinajstić information content (AvgIpc) is 2.93. The number of carbonyl (C=O) groups excluding carboxylic acids is 1. The number of aromatic nitrogens is 3. The molecule has 2 N–H and O–H groups in total. The van der Waals surface area contributed by atoms with E-state index in [1.54, 1.807) is 19.3 Å². The third kappa shape index (κ3) is 4.82. The van der Waals surface area contributed by atoms with E-state index in [2.05, 4.69) is 20.1 Å². The van der Waals surface area contributed by atoms with Crippen molar-refractivity contribution in [3.05, 3.63) is 58.5 Å². The van der Waals surface area contributed by atoms with Crippen LogP contribution in [-0.2, 0) is 0 Å². The lowest BCUT2D eigenvalue weighted by molar-refractivity contribution is -0.274. The van der Waals surface area contributed by atoms with Crippen LogP contribution < -0.4 is 10.1 Å². The van der Waals surface area contributed by atoms with Crippen molar-refractivity contribution in [2.75, 3.05) is 0 Å². The van der Waals surface area contributed by atoms with Gasteiger partial charge in [0.25, 0.3) is 5.91 Å².